The molecule has 0 radical (unpaired) electrons. The van der Waals surface area contributed by atoms with Crippen LogP contribution in [-0.2, 0) is 20.8 Å². The summed E-state index contributed by atoms with van der Waals surface area (Å²) in [6.45, 7) is 0. The summed E-state index contributed by atoms with van der Waals surface area (Å²) in [6, 6.07) is 15.8. The van der Waals surface area contributed by atoms with Gasteiger partial charge < -0.3 is 9.84 Å². The molecule has 0 saturated heterocycles. The van der Waals surface area contributed by atoms with E-state index in [1.54, 1.807) is 12.1 Å². The zero-order valence-corrected chi connectivity index (χ0v) is 15.2. The molecule has 0 aliphatic heterocycles. The maximum atomic E-state index is 12.5. The van der Waals surface area contributed by atoms with Gasteiger partial charge in [-0.15, -0.1) is 0 Å². The van der Waals surface area contributed by atoms with Gasteiger partial charge in [0.2, 0.25) is 0 Å². The van der Waals surface area contributed by atoms with Gasteiger partial charge in [0.1, 0.15) is 11.7 Å². The highest BCUT2D eigenvalue weighted by atomic mass is 16.7. The third kappa shape index (κ3) is 4.71. The smallest absolute Gasteiger partial charge is 0.449 e. The standard InChI is InChI=1S/C22H20O6/c23-18(10-9-14-5-4-8-17(11-14)28-22(26)27)21-19(24)12-16(13-20(21)25)15-6-2-1-3-7-15/h1-8,11,16,21H,9-10,12-13H2,(H,26,27). The van der Waals surface area contributed by atoms with Crippen LogP contribution in [-0.4, -0.2) is 28.6 Å². The third-order valence-corrected chi connectivity index (χ3v) is 4.90. The first kappa shape index (κ1) is 19.5. The van der Waals surface area contributed by atoms with Crippen molar-refractivity contribution in [3.8, 4) is 5.75 Å². The first-order valence-electron chi connectivity index (χ1n) is 9.07. The normalized spacial score (nSPS) is 19.3. The number of aryl methyl sites for hydroxylation is 1. The number of rotatable bonds is 6. The Morgan fingerprint density at radius 1 is 0.964 bits per heavy atom. The molecule has 0 atom stereocenters. The lowest BCUT2D eigenvalue weighted by Gasteiger charge is -2.26. The minimum atomic E-state index is -1.42. The molecule has 144 valence electrons. The number of carboxylic acid groups (broad SMARTS) is 1. The molecule has 3 rings (SSSR count). The Morgan fingerprint density at radius 2 is 1.64 bits per heavy atom. The number of ketones is 3. The molecule has 2 aromatic rings. The molecular formula is C22H20O6. The summed E-state index contributed by atoms with van der Waals surface area (Å²) in [5.41, 5.74) is 1.63. The quantitative estimate of drug-likeness (QED) is 0.467. The molecule has 0 heterocycles. The molecule has 6 heteroatoms. The summed E-state index contributed by atoms with van der Waals surface area (Å²) in [7, 11) is 0. The zero-order valence-electron chi connectivity index (χ0n) is 15.2. The molecule has 28 heavy (non-hydrogen) atoms. The number of ether oxygens (including phenoxy) is 1. The lowest BCUT2D eigenvalue weighted by Crippen LogP contribution is -2.38. The monoisotopic (exact) mass is 380 g/mol. The van der Waals surface area contributed by atoms with Crippen LogP contribution in [0.4, 0.5) is 4.79 Å². The van der Waals surface area contributed by atoms with Crippen LogP contribution in [0.25, 0.3) is 0 Å². The van der Waals surface area contributed by atoms with E-state index < -0.39 is 12.1 Å². The van der Waals surface area contributed by atoms with Crippen LogP contribution in [0, 0.1) is 5.92 Å². The van der Waals surface area contributed by atoms with Gasteiger partial charge >= 0.3 is 6.16 Å². The summed E-state index contributed by atoms with van der Waals surface area (Å²) in [4.78, 5) is 48.1. The predicted octanol–water partition coefficient (Wildman–Crippen LogP) is 3.58. The van der Waals surface area contributed by atoms with Crippen molar-refractivity contribution in [2.75, 3.05) is 0 Å². The summed E-state index contributed by atoms with van der Waals surface area (Å²) >= 11 is 0. The van der Waals surface area contributed by atoms with Crippen LogP contribution in [0.1, 0.15) is 36.3 Å². The fraction of sp³-hybridized carbons (Fsp3) is 0.273. The second-order valence-electron chi connectivity index (χ2n) is 6.86. The van der Waals surface area contributed by atoms with Crippen LogP contribution >= 0.6 is 0 Å². The van der Waals surface area contributed by atoms with Crippen molar-refractivity contribution in [1.82, 2.24) is 0 Å². The zero-order chi connectivity index (χ0) is 20.1. The Morgan fingerprint density at radius 3 is 2.29 bits per heavy atom. The van der Waals surface area contributed by atoms with Crippen LogP contribution in [0.15, 0.2) is 54.6 Å². The summed E-state index contributed by atoms with van der Waals surface area (Å²) in [5, 5.41) is 8.66. The number of carbonyl (C=O) groups excluding carboxylic acids is 3. The Bertz CT molecular complexity index is 884. The first-order chi connectivity index (χ1) is 13.4. The van der Waals surface area contributed by atoms with E-state index in [2.05, 4.69) is 4.74 Å². The van der Waals surface area contributed by atoms with Gasteiger partial charge in [0.05, 0.1) is 0 Å². The van der Waals surface area contributed by atoms with Gasteiger partial charge in [-0.25, -0.2) is 4.79 Å². The highest BCUT2D eigenvalue weighted by Crippen LogP contribution is 2.32. The summed E-state index contributed by atoms with van der Waals surface area (Å²) in [6.07, 6.45) is -0.703. The molecule has 0 unspecified atom stereocenters. The SMILES string of the molecule is O=C(O)Oc1cccc(CCC(=O)C2C(=O)CC(c3ccccc3)CC2=O)c1. The Balaban J connectivity index is 1.61. The van der Waals surface area contributed by atoms with Gasteiger partial charge in [-0.2, -0.15) is 0 Å². The molecule has 6 nitrogen and oxygen atoms in total. The van der Waals surface area contributed by atoms with Crippen molar-refractivity contribution in [3.05, 3.63) is 65.7 Å². The van der Waals surface area contributed by atoms with E-state index in [-0.39, 0.29) is 48.3 Å². The summed E-state index contributed by atoms with van der Waals surface area (Å²) < 4.78 is 4.59. The predicted molar refractivity (Wildman–Crippen MR) is 100 cm³/mol. The molecular weight excluding hydrogens is 360 g/mol. The van der Waals surface area contributed by atoms with E-state index >= 15 is 0 Å². The van der Waals surface area contributed by atoms with E-state index in [4.69, 9.17) is 5.11 Å². The van der Waals surface area contributed by atoms with Crippen molar-refractivity contribution in [3.63, 3.8) is 0 Å². The maximum Gasteiger partial charge on any atom is 0.511 e. The van der Waals surface area contributed by atoms with Crippen molar-refractivity contribution >= 4 is 23.5 Å². The largest absolute Gasteiger partial charge is 0.511 e. The van der Waals surface area contributed by atoms with Crippen molar-refractivity contribution in [2.45, 2.75) is 31.6 Å². The molecule has 0 spiro atoms. The van der Waals surface area contributed by atoms with Crippen molar-refractivity contribution in [2.24, 2.45) is 5.92 Å². The fourth-order valence-electron chi connectivity index (χ4n) is 3.57. The van der Waals surface area contributed by atoms with Gasteiger partial charge in [0.25, 0.3) is 0 Å². The second kappa shape index (κ2) is 8.61. The Kier molecular flexibility index (Phi) is 5.99. The second-order valence-corrected chi connectivity index (χ2v) is 6.86. The van der Waals surface area contributed by atoms with Gasteiger partial charge in [-0.05, 0) is 35.6 Å². The average molecular weight is 380 g/mol. The minimum Gasteiger partial charge on any atom is -0.449 e. The van der Waals surface area contributed by atoms with E-state index in [1.807, 2.05) is 30.3 Å². The number of carbonyl (C=O) groups is 4. The highest BCUT2D eigenvalue weighted by molar-refractivity contribution is 6.21. The molecule has 1 aliphatic carbocycles. The lowest BCUT2D eigenvalue weighted by atomic mass is 9.74. The highest BCUT2D eigenvalue weighted by Gasteiger charge is 2.39. The Labute approximate surface area is 162 Å². The topological polar surface area (TPSA) is 97.7 Å². The van der Waals surface area contributed by atoms with Crippen molar-refractivity contribution < 1.29 is 29.0 Å². The third-order valence-electron chi connectivity index (χ3n) is 4.90. The van der Waals surface area contributed by atoms with Crippen LogP contribution < -0.4 is 4.74 Å². The number of Topliss-reactive ketones (excluding diaryl/α,β-unsaturated/α-hetero) is 3. The van der Waals surface area contributed by atoms with E-state index in [0.717, 1.165) is 5.56 Å². The van der Waals surface area contributed by atoms with Gasteiger partial charge in [-0.3, -0.25) is 14.4 Å². The molecule has 0 amide bonds. The molecule has 1 fully saturated rings. The molecule has 2 aromatic carbocycles. The number of hydrogen-bond donors (Lipinski definition) is 1. The van der Waals surface area contributed by atoms with E-state index in [1.165, 1.54) is 12.1 Å². The Hall–Kier alpha value is -3.28. The molecule has 1 saturated carbocycles. The molecule has 0 bridgehead atoms. The maximum absolute atomic E-state index is 12.5. The van der Waals surface area contributed by atoms with E-state index in [9.17, 15) is 19.2 Å². The number of hydrogen-bond acceptors (Lipinski definition) is 5. The first-order valence-corrected chi connectivity index (χ1v) is 9.07. The molecule has 1 N–H and O–H groups in total. The van der Waals surface area contributed by atoms with Gasteiger partial charge in [-0.1, -0.05) is 42.5 Å². The summed E-state index contributed by atoms with van der Waals surface area (Å²) in [5.74, 6) is -2.22. The minimum absolute atomic E-state index is 0.0364. The molecule has 1 aliphatic rings. The average Bonchev–Trinajstić information content (AvgIpc) is 2.66. The van der Waals surface area contributed by atoms with Crippen molar-refractivity contribution in [1.29, 1.82) is 0 Å². The van der Waals surface area contributed by atoms with Gasteiger partial charge in [0, 0.05) is 19.3 Å². The number of benzene rings is 2. The molecule has 0 aromatic heterocycles. The van der Waals surface area contributed by atoms with Crippen LogP contribution in [0.2, 0.25) is 0 Å². The van der Waals surface area contributed by atoms with E-state index in [0.29, 0.717) is 12.0 Å². The van der Waals surface area contributed by atoms with Gasteiger partial charge in [0.15, 0.2) is 17.3 Å². The van der Waals surface area contributed by atoms with Crippen LogP contribution in [0.3, 0.4) is 0 Å². The lowest BCUT2D eigenvalue weighted by molar-refractivity contribution is -0.142. The van der Waals surface area contributed by atoms with Crippen LogP contribution in [0.5, 0.6) is 5.75 Å². The fourth-order valence-corrected chi connectivity index (χ4v) is 3.57.